The molecule has 0 aliphatic carbocycles. The highest BCUT2D eigenvalue weighted by atomic mass is 32.1. The Morgan fingerprint density at radius 1 is 0.969 bits per heavy atom. The van der Waals surface area contributed by atoms with Gasteiger partial charge in [0.25, 0.3) is 11.8 Å². The van der Waals surface area contributed by atoms with Crippen molar-refractivity contribution in [3.05, 3.63) is 75.7 Å². The summed E-state index contributed by atoms with van der Waals surface area (Å²) < 4.78 is 3.07. The normalized spacial score (nSPS) is 10.9. The number of nitrogens with zero attached hydrogens (tertiary/aromatic N) is 3. The Hall–Kier alpha value is -3.72. The average molecular weight is 450 g/mol. The zero-order valence-electron chi connectivity index (χ0n) is 17.8. The van der Waals surface area contributed by atoms with Crippen molar-refractivity contribution >= 4 is 34.2 Å². The van der Waals surface area contributed by atoms with Crippen LogP contribution in [0.15, 0.2) is 59.4 Å². The van der Waals surface area contributed by atoms with Gasteiger partial charge < -0.3 is 0 Å². The highest BCUT2D eigenvalue weighted by molar-refractivity contribution is 7.17. The monoisotopic (exact) mass is 449 g/mol. The number of aryl methyl sites for hydroxylation is 2. The molecule has 0 atom stereocenters. The predicted molar refractivity (Wildman–Crippen MR) is 124 cm³/mol. The van der Waals surface area contributed by atoms with Crippen molar-refractivity contribution in [2.75, 3.05) is 0 Å². The van der Waals surface area contributed by atoms with E-state index in [1.807, 2.05) is 55.5 Å². The highest BCUT2D eigenvalue weighted by Gasteiger charge is 2.18. The smallest absolute Gasteiger partial charge is 0.292 e. The van der Waals surface area contributed by atoms with Gasteiger partial charge in [0.05, 0.1) is 16.7 Å². The number of fused-ring (bicyclic) bond motifs is 1. The maximum absolute atomic E-state index is 12.8. The molecule has 0 aliphatic heterocycles. The summed E-state index contributed by atoms with van der Waals surface area (Å²) in [7, 11) is 0. The number of carbonyl (C=O) groups excluding carboxylic acids is 2. The van der Waals surface area contributed by atoms with Crippen molar-refractivity contribution in [3.8, 4) is 10.6 Å². The lowest BCUT2D eigenvalue weighted by Gasteiger charge is -2.07. The zero-order chi connectivity index (χ0) is 22.7. The van der Waals surface area contributed by atoms with Gasteiger partial charge in [0.2, 0.25) is 0 Å². The molecule has 9 heteroatoms. The number of amides is 2. The maximum atomic E-state index is 12.8. The van der Waals surface area contributed by atoms with E-state index in [0.717, 1.165) is 22.5 Å². The second kappa shape index (κ2) is 9.19. The lowest BCUT2D eigenvalue weighted by molar-refractivity contribution is -0.122. The topological polar surface area (TPSA) is 98.0 Å². The molecular weight excluding hydrogens is 426 g/mol. The van der Waals surface area contributed by atoms with Crippen LogP contribution >= 0.6 is 11.3 Å². The number of hydrazine groups is 1. The fourth-order valence-corrected chi connectivity index (χ4v) is 4.51. The number of imidazole rings is 1. The van der Waals surface area contributed by atoms with Crippen LogP contribution in [0, 0.1) is 6.92 Å². The fraction of sp³-hybridized carbons (Fsp3) is 0.217. The largest absolute Gasteiger partial charge is 0.329 e. The minimum atomic E-state index is -0.495. The second-order valence-corrected chi connectivity index (χ2v) is 8.31. The van der Waals surface area contributed by atoms with Crippen LogP contribution in [-0.2, 0) is 17.9 Å². The van der Waals surface area contributed by atoms with Gasteiger partial charge >= 0.3 is 5.69 Å². The van der Waals surface area contributed by atoms with Gasteiger partial charge in [-0.3, -0.25) is 29.6 Å². The number of rotatable bonds is 6. The molecule has 2 heterocycles. The van der Waals surface area contributed by atoms with Crippen LogP contribution in [0.5, 0.6) is 0 Å². The average Bonchev–Trinajstić information content (AvgIpc) is 3.32. The molecule has 8 nitrogen and oxygen atoms in total. The van der Waals surface area contributed by atoms with Crippen molar-refractivity contribution in [1.82, 2.24) is 25.0 Å². The fourth-order valence-electron chi connectivity index (χ4n) is 3.54. The van der Waals surface area contributed by atoms with Gasteiger partial charge in [-0.15, -0.1) is 11.3 Å². The van der Waals surface area contributed by atoms with E-state index in [1.54, 1.807) is 17.6 Å². The van der Waals surface area contributed by atoms with Crippen LogP contribution in [0.1, 0.15) is 28.7 Å². The Morgan fingerprint density at radius 3 is 2.31 bits per heavy atom. The van der Waals surface area contributed by atoms with Crippen LogP contribution in [0.4, 0.5) is 0 Å². The first kappa shape index (κ1) is 21.5. The predicted octanol–water partition coefficient (Wildman–Crippen LogP) is 3.11. The molecule has 0 aliphatic rings. The molecule has 2 N–H and O–H groups in total. The van der Waals surface area contributed by atoms with E-state index in [9.17, 15) is 14.4 Å². The lowest BCUT2D eigenvalue weighted by atomic mass is 10.2. The van der Waals surface area contributed by atoms with Gasteiger partial charge in [0.15, 0.2) is 0 Å². The number of para-hydroxylation sites is 2. The molecular formula is C23H23N5O3S. The Labute approximate surface area is 188 Å². The van der Waals surface area contributed by atoms with Crippen molar-refractivity contribution in [2.24, 2.45) is 0 Å². The second-order valence-electron chi connectivity index (χ2n) is 7.31. The van der Waals surface area contributed by atoms with Crippen LogP contribution in [0.3, 0.4) is 0 Å². The third-order valence-electron chi connectivity index (χ3n) is 5.01. The van der Waals surface area contributed by atoms with E-state index in [1.165, 1.54) is 15.9 Å². The number of nitrogens with one attached hydrogen (secondary N) is 2. The van der Waals surface area contributed by atoms with E-state index in [-0.39, 0.29) is 12.2 Å². The summed E-state index contributed by atoms with van der Waals surface area (Å²) in [5, 5.41) is 0.731. The zero-order valence-corrected chi connectivity index (χ0v) is 18.6. The number of thiazole rings is 1. The van der Waals surface area contributed by atoms with E-state index in [4.69, 9.17) is 0 Å². The molecule has 4 rings (SSSR count). The molecule has 2 amide bonds. The number of hydrogen-bond donors (Lipinski definition) is 2. The molecule has 2 aromatic carbocycles. The minimum absolute atomic E-state index is 0.201. The minimum Gasteiger partial charge on any atom is -0.292 e. The first-order valence-corrected chi connectivity index (χ1v) is 11.1. The SMILES string of the molecule is CCCn1c(=O)n(CC(=O)NNC(=O)c2sc(-c3ccccc3)nc2C)c2ccccc21. The van der Waals surface area contributed by atoms with Crippen molar-refractivity contribution in [3.63, 3.8) is 0 Å². The van der Waals surface area contributed by atoms with Crippen molar-refractivity contribution in [2.45, 2.75) is 33.4 Å². The summed E-state index contributed by atoms with van der Waals surface area (Å²) in [4.78, 5) is 42.8. The summed E-state index contributed by atoms with van der Waals surface area (Å²) >= 11 is 1.26. The van der Waals surface area contributed by atoms with Gasteiger partial charge in [0.1, 0.15) is 16.4 Å². The Bertz CT molecular complexity index is 1340. The van der Waals surface area contributed by atoms with E-state index in [2.05, 4.69) is 15.8 Å². The van der Waals surface area contributed by atoms with Gasteiger partial charge in [-0.1, -0.05) is 49.4 Å². The molecule has 32 heavy (non-hydrogen) atoms. The first-order chi connectivity index (χ1) is 15.5. The Balaban J connectivity index is 1.46. The number of hydrogen-bond acceptors (Lipinski definition) is 5. The maximum Gasteiger partial charge on any atom is 0.329 e. The molecule has 0 spiro atoms. The number of aromatic nitrogens is 3. The molecule has 0 radical (unpaired) electrons. The summed E-state index contributed by atoms with van der Waals surface area (Å²) in [6, 6.07) is 16.9. The van der Waals surface area contributed by atoms with Crippen LogP contribution in [0.25, 0.3) is 21.6 Å². The van der Waals surface area contributed by atoms with E-state index >= 15 is 0 Å². The highest BCUT2D eigenvalue weighted by Crippen LogP contribution is 2.27. The van der Waals surface area contributed by atoms with Crippen LogP contribution in [0.2, 0.25) is 0 Å². The third-order valence-corrected chi connectivity index (χ3v) is 6.22. The summed E-state index contributed by atoms with van der Waals surface area (Å²) in [6.07, 6.45) is 0.801. The molecule has 164 valence electrons. The first-order valence-electron chi connectivity index (χ1n) is 10.3. The molecule has 0 bridgehead atoms. The van der Waals surface area contributed by atoms with Gasteiger partial charge in [0, 0.05) is 12.1 Å². The molecule has 0 unspecified atom stereocenters. The standard InChI is InChI=1S/C23H23N5O3S/c1-3-13-27-17-11-7-8-12-18(17)28(23(27)31)14-19(29)25-26-21(30)20-15(2)24-22(32-20)16-9-5-4-6-10-16/h4-12H,3,13-14H2,1-2H3,(H,25,29)(H,26,30). The Kier molecular flexibility index (Phi) is 6.18. The van der Waals surface area contributed by atoms with Gasteiger partial charge in [-0.2, -0.15) is 0 Å². The summed E-state index contributed by atoms with van der Waals surface area (Å²) in [5.41, 5.74) is 7.56. The third kappa shape index (κ3) is 4.19. The molecule has 0 saturated heterocycles. The van der Waals surface area contributed by atoms with Crippen LogP contribution in [-0.4, -0.2) is 25.9 Å². The lowest BCUT2D eigenvalue weighted by Crippen LogP contribution is -2.44. The summed E-state index contributed by atoms with van der Waals surface area (Å²) in [5.74, 6) is -0.943. The molecule has 0 fully saturated rings. The van der Waals surface area contributed by atoms with Gasteiger partial charge in [-0.25, -0.2) is 9.78 Å². The quantitative estimate of drug-likeness (QED) is 0.442. The van der Waals surface area contributed by atoms with Crippen molar-refractivity contribution in [1.29, 1.82) is 0 Å². The summed E-state index contributed by atoms with van der Waals surface area (Å²) in [6.45, 7) is 4.11. The number of benzene rings is 2. The number of carbonyl (C=O) groups is 2. The molecule has 2 aromatic heterocycles. The van der Waals surface area contributed by atoms with Crippen LogP contribution < -0.4 is 16.5 Å². The Morgan fingerprint density at radius 2 is 1.62 bits per heavy atom. The molecule has 4 aromatic rings. The molecule has 0 saturated carbocycles. The van der Waals surface area contributed by atoms with Gasteiger partial charge in [-0.05, 0) is 25.5 Å². The van der Waals surface area contributed by atoms with E-state index in [0.29, 0.717) is 22.6 Å². The van der Waals surface area contributed by atoms with E-state index < -0.39 is 11.8 Å². The van der Waals surface area contributed by atoms with Crippen molar-refractivity contribution < 1.29 is 9.59 Å².